The number of carbonyl (C=O) groups excluding carboxylic acids is 1. The maximum atomic E-state index is 13.1. The zero-order valence-corrected chi connectivity index (χ0v) is 15.5. The molecule has 0 unspecified atom stereocenters. The fraction of sp³-hybridized carbons (Fsp3) is 0.312. The molecule has 0 aliphatic carbocycles. The standard InChI is InChI=1S/C16H16BrF3N4O2/c1-3-6-21-13-11(16(18,19)20)8-22-15(24-13)23-9-4-5-12(17)10(7-9)14(25)26-2/h4-5,7-8H,3,6H2,1-2H3,(H2,21,22,23,24). The van der Waals surface area contributed by atoms with Crippen molar-refractivity contribution in [3.63, 3.8) is 0 Å². The Morgan fingerprint density at radius 3 is 2.69 bits per heavy atom. The number of methoxy groups -OCH3 is 1. The Kier molecular flexibility index (Phi) is 6.41. The summed E-state index contributed by atoms with van der Waals surface area (Å²) in [6, 6.07) is 4.71. The molecule has 0 saturated heterocycles. The Balaban J connectivity index is 2.33. The van der Waals surface area contributed by atoms with Gasteiger partial charge < -0.3 is 15.4 Å². The molecule has 10 heteroatoms. The zero-order chi connectivity index (χ0) is 19.3. The quantitative estimate of drug-likeness (QED) is 0.649. The topological polar surface area (TPSA) is 76.1 Å². The van der Waals surface area contributed by atoms with E-state index in [0.717, 1.165) is 0 Å². The second kappa shape index (κ2) is 8.35. The van der Waals surface area contributed by atoms with Crippen LogP contribution in [0.1, 0.15) is 29.3 Å². The summed E-state index contributed by atoms with van der Waals surface area (Å²) in [6.07, 6.45) is -3.21. The van der Waals surface area contributed by atoms with Crippen LogP contribution in [0.3, 0.4) is 0 Å². The highest BCUT2D eigenvalue weighted by Gasteiger charge is 2.35. The Labute approximate surface area is 156 Å². The molecular weight excluding hydrogens is 417 g/mol. The fourth-order valence-corrected chi connectivity index (χ4v) is 2.43. The van der Waals surface area contributed by atoms with Crippen molar-refractivity contribution >= 4 is 39.4 Å². The SMILES string of the molecule is CCCNc1nc(Nc2ccc(Br)c(C(=O)OC)c2)ncc1C(F)(F)F. The number of alkyl halides is 3. The van der Waals surface area contributed by atoms with E-state index in [1.54, 1.807) is 12.1 Å². The summed E-state index contributed by atoms with van der Waals surface area (Å²) in [6.45, 7) is 2.17. The minimum absolute atomic E-state index is 0.0326. The monoisotopic (exact) mass is 432 g/mol. The average molecular weight is 433 g/mol. The van der Waals surface area contributed by atoms with Crippen LogP contribution in [0.2, 0.25) is 0 Å². The normalized spacial score (nSPS) is 11.2. The molecule has 26 heavy (non-hydrogen) atoms. The van der Waals surface area contributed by atoms with Gasteiger partial charge in [-0.2, -0.15) is 18.2 Å². The molecule has 2 aromatic rings. The summed E-state index contributed by atoms with van der Waals surface area (Å²) in [5, 5.41) is 5.44. The van der Waals surface area contributed by atoms with Gasteiger partial charge in [0.2, 0.25) is 5.95 Å². The van der Waals surface area contributed by atoms with E-state index >= 15 is 0 Å². The molecule has 0 aliphatic rings. The van der Waals surface area contributed by atoms with E-state index in [0.29, 0.717) is 29.3 Å². The van der Waals surface area contributed by atoms with Gasteiger partial charge in [-0.3, -0.25) is 0 Å². The van der Waals surface area contributed by atoms with Crippen molar-refractivity contribution in [1.29, 1.82) is 0 Å². The molecule has 0 bridgehead atoms. The first-order valence-electron chi connectivity index (χ1n) is 7.59. The molecule has 2 N–H and O–H groups in total. The number of esters is 1. The number of benzene rings is 1. The van der Waals surface area contributed by atoms with E-state index in [4.69, 9.17) is 0 Å². The molecule has 1 aromatic heterocycles. The lowest BCUT2D eigenvalue weighted by molar-refractivity contribution is -0.137. The van der Waals surface area contributed by atoms with Gasteiger partial charge in [-0.05, 0) is 40.5 Å². The lowest BCUT2D eigenvalue weighted by atomic mass is 10.2. The number of hydrogen-bond acceptors (Lipinski definition) is 6. The summed E-state index contributed by atoms with van der Waals surface area (Å²) in [5.74, 6) is -0.893. The van der Waals surface area contributed by atoms with Gasteiger partial charge >= 0.3 is 12.1 Å². The molecule has 140 valence electrons. The lowest BCUT2D eigenvalue weighted by Gasteiger charge is -2.14. The van der Waals surface area contributed by atoms with Gasteiger partial charge in [0.15, 0.2) is 0 Å². The van der Waals surface area contributed by atoms with E-state index in [1.807, 2.05) is 6.92 Å². The first kappa shape index (κ1) is 20.0. The fourth-order valence-electron chi connectivity index (χ4n) is 2.03. The molecule has 2 rings (SSSR count). The van der Waals surface area contributed by atoms with Gasteiger partial charge in [-0.1, -0.05) is 6.92 Å². The third-order valence-corrected chi connectivity index (χ3v) is 3.96. The number of anilines is 3. The maximum Gasteiger partial charge on any atom is 0.421 e. The number of rotatable bonds is 6. The number of carbonyl (C=O) groups is 1. The van der Waals surface area contributed by atoms with Crippen LogP contribution in [0.5, 0.6) is 0 Å². The molecule has 0 fully saturated rings. The predicted octanol–water partition coefficient (Wildman–Crippen LogP) is 4.61. The lowest BCUT2D eigenvalue weighted by Crippen LogP contribution is -2.15. The second-order valence-corrected chi connectivity index (χ2v) is 6.05. The van der Waals surface area contributed by atoms with Crippen molar-refractivity contribution in [2.45, 2.75) is 19.5 Å². The predicted molar refractivity (Wildman–Crippen MR) is 94.6 cm³/mol. The van der Waals surface area contributed by atoms with Crippen molar-refractivity contribution in [2.75, 3.05) is 24.3 Å². The van der Waals surface area contributed by atoms with Crippen LogP contribution in [-0.4, -0.2) is 29.6 Å². The summed E-state index contributed by atoms with van der Waals surface area (Å²) in [7, 11) is 1.25. The van der Waals surface area contributed by atoms with Gasteiger partial charge in [0.25, 0.3) is 0 Å². The summed E-state index contributed by atoms with van der Waals surface area (Å²) in [5.41, 5.74) is -0.258. The highest BCUT2D eigenvalue weighted by Crippen LogP contribution is 2.34. The minimum atomic E-state index is -4.57. The molecule has 1 heterocycles. The third kappa shape index (κ3) is 4.84. The summed E-state index contributed by atoms with van der Waals surface area (Å²) in [4.78, 5) is 19.3. The highest BCUT2D eigenvalue weighted by atomic mass is 79.9. The Morgan fingerprint density at radius 1 is 1.35 bits per heavy atom. The molecule has 0 spiro atoms. The van der Waals surface area contributed by atoms with Gasteiger partial charge in [0.05, 0.1) is 12.7 Å². The van der Waals surface area contributed by atoms with Crippen LogP contribution in [0.15, 0.2) is 28.9 Å². The van der Waals surface area contributed by atoms with Crippen molar-refractivity contribution in [1.82, 2.24) is 9.97 Å². The average Bonchev–Trinajstić information content (AvgIpc) is 2.60. The maximum absolute atomic E-state index is 13.1. The van der Waals surface area contributed by atoms with Crippen LogP contribution in [-0.2, 0) is 10.9 Å². The molecular formula is C16H16BrF3N4O2. The number of halogens is 4. The largest absolute Gasteiger partial charge is 0.465 e. The molecule has 0 radical (unpaired) electrons. The van der Waals surface area contributed by atoms with Crippen molar-refractivity contribution in [2.24, 2.45) is 0 Å². The van der Waals surface area contributed by atoms with Crippen LogP contribution < -0.4 is 10.6 Å². The molecule has 0 aliphatic heterocycles. The molecule has 6 nitrogen and oxygen atoms in total. The Hall–Kier alpha value is -2.36. The van der Waals surface area contributed by atoms with Gasteiger partial charge in [0, 0.05) is 22.9 Å². The van der Waals surface area contributed by atoms with E-state index in [-0.39, 0.29) is 17.3 Å². The number of aromatic nitrogens is 2. The molecule has 1 aromatic carbocycles. The van der Waals surface area contributed by atoms with Gasteiger partial charge in [0.1, 0.15) is 11.4 Å². The summed E-state index contributed by atoms with van der Waals surface area (Å²) >= 11 is 3.23. The smallest absolute Gasteiger partial charge is 0.421 e. The van der Waals surface area contributed by atoms with Gasteiger partial charge in [-0.25, -0.2) is 9.78 Å². The van der Waals surface area contributed by atoms with E-state index in [2.05, 4.69) is 41.3 Å². The number of nitrogens with zero attached hydrogens (tertiary/aromatic N) is 2. The number of hydrogen-bond donors (Lipinski definition) is 2. The molecule has 0 atom stereocenters. The Bertz CT molecular complexity index is 800. The van der Waals surface area contributed by atoms with E-state index in [9.17, 15) is 18.0 Å². The van der Waals surface area contributed by atoms with Crippen LogP contribution in [0.4, 0.5) is 30.6 Å². The summed E-state index contributed by atoms with van der Waals surface area (Å²) < 4.78 is 44.4. The number of ether oxygens (including phenoxy) is 1. The first-order chi connectivity index (χ1) is 12.3. The first-order valence-corrected chi connectivity index (χ1v) is 8.38. The van der Waals surface area contributed by atoms with E-state index < -0.39 is 17.7 Å². The van der Waals surface area contributed by atoms with Crippen LogP contribution in [0, 0.1) is 0 Å². The minimum Gasteiger partial charge on any atom is -0.465 e. The highest BCUT2D eigenvalue weighted by molar-refractivity contribution is 9.10. The zero-order valence-electron chi connectivity index (χ0n) is 13.9. The second-order valence-electron chi connectivity index (χ2n) is 5.19. The van der Waals surface area contributed by atoms with Crippen LogP contribution in [0.25, 0.3) is 0 Å². The van der Waals surface area contributed by atoms with Crippen molar-refractivity contribution in [3.05, 3.63) is 40.0 Å². The number of nitrogens with one attached hydrogen (secondary N) is 2. The van der Waals surface area contributed by atoms with Crippen molar-refractivity contribution in [3.8, 4) is 0 Å². The van der Waals surface area contributed by atoms with Gasteiger partial charge in [-0.15, -0.1) is 0 Å². The Morgan fingerprint density at radius 2 is 2.08 bits per heavy atom. The van der Waals surface area contributed by atoms with Crippen molar-refractivity contribution < 1.29 is 22.7 Å². The van der Waals surface area contributed by atoms with E-state index in [1.165, 1.54) is 13.2 Å². The third-order valence-electron chi connectivity index (χ3n) is 3.26. The van der Waals surface area contributed by atoms with Crippen LogP contribution >= 0.6 is 15.9 Å². The molecule has 0 amide bonds. The molecule has 0 saturated carbocycles.